The van der Waals surface area contributed by atoms with Gasteiger partial charge in [-0.25, -0.2) is 9.18 Å². The molecule has 4 rings (SSSR count). The van der Waals surface area contributed by atoms with Crippen molar-refractivity contribution in [1.82, 2.24) is 14.5 Å². The van der Waals surface area contributed by atoms with Crippen LogP contribution < -0.4 is 11.0 Å². The molecular weight excluding hydrogens is 369 g/mol. The third kappa shape index (κ3) is 3.69. The van der Waals surface area contributed by atoms with Crippen molar-refractivity contribution in [1.29, 1.82) is 0 Å². The Kier molecular flexibility index (Phi) is 4.99. The number of hydrogen-bond donors (Lipinski definition) is 1. The molecule has 0 radical (unpaired) electrons. The maximum atomic E-state index is 13.4. The number of nitrogens with zero attached hydrogens (tertiary/aromatic N) is 2. The minimum atomic E-state index is -0.449. The number of benzene rings is 3. The molecule has 0 aliphatic carbocycles. The molecule has 1 amide bonds. The molecule has 0 spiro atoms. The van der Waals surface area contributed by atoms with Crippen LogP contribution in [0.25, 0.3) is 11.0 Å². The highest BCUT2D eigenvalue weighted by molar-refractivity contribution is 5.81. The molecule has 0 saturated heterocycles. The van der Waals surface area contributed by atoms with Gasteiger partial charge in [0.1, 0.15) is 12.4 Å². The highest BCUT2D eigenvalue weighted by Gasteiger charge is 2.19. The number of aromatic nitrogens is 2. The van der Waals surface area contributed by atoms with Crippen LogP contribution in [0.15, 0.2) is 83.7 Å². The molecule has 0 aliphatic heterocycles. The van der Waals surface area contributed by atoms with Crippen LogP contribution in [-0.2, 0) is 18.4 Å². The second kappa shape index (κ2) is 7.75. The normalized spacial score (nSPS) is 12.1. The molecule has 1 heterocycles. The number of halogens is 1. The third-order valence-corrected chi connectivity index (χ3v) is 5.00. The first-order valence-electron chi connectivity index (χ1n) is 9.28. The van der Waals surface area contributed by atoms with E-state index < -0.39 is 6.04 Å². The quantitative estimate of drug-likeness (QED) is 0.569. The summed E-state index contributed by atoms with van der Waals surface area (Å²) < 4.78 is 16.4. The van der Waals surface area contributed by atoms with Crippen molar-refractivity contribution in [3.05, 3.63) is 106 Å². The van der Waals surface area contributed by atoms with Gasteiger partial charge in [-0.05, 0) is 35.4 Å². The van der Waals surface area contributed by atoms with Crippen molar-refractivity contribution in [2.45, 2.75) is 12.6 Å². The number of rotatable bonds is 5. The number of nitrogens with one attached hydrogen (secondary N) is 1. The Morgan fingerprint density at radius 2 is 1.48 bits per heavy atom. The van der Waals surface area contributed by atoms with Crippen LogP contribution in [-0.4, -0.2) is 15.0 Å². The Balaban J connectivity index is 1.65. The predicted octanol–water partition coefficient (Wildman–Crippen LogP) is 3.38. The van der Waals surface area contributed by atoms with Gasteiger partial charge in [0.05, 0.1) is 17.1 Å². The zero-order valence-electron chi connectivity index (χ0n) is 15.9. The van der Waals surface area contributed by atoms with Gasteiger partial charge in [0.25, 0.3) is 0 Å². The lowest BCUT2D eigenvalue weighted by atomic mass is 9.98. The molecule has 0 fully saturated rings. The van der Waals surface area contributed by atoms with Crippen molar-refractivity contribution in [2.75, 3.05) is 0 Å². The van der Waals surface area contributed by atoms with Crippen LogP contribution in [0.2, 0.25) is 0 Å². The van der Waals surface area contributed by atoms with Crippen molar-refractivity contribution in [3.8, 4) is 0 Å². The summed E-state index contributed by atoms with van der Waals surface area (Å²) >= 11 is 0. The molecule has 3 aromatic carbocycles. The van der Waals surface area contributed by atoms with Gasteiger partial charge in [-0.3, -0.25) is 13.9 Å². The maximum absolute atomic E-state index is 13.4. The molecule has 1 atom stereocenters. The first kappa shape index (κ1) is 18.7. The van der Waals surface area contributed by atoms with E-state index >= 15 is 0 Å². The Hall–Kier alpha value is -3.67. The lowest BCUT2D eigenvalue weighted by molar-refractivity contribution is -0.122. The molecular formula is C23H20FN3O2. The highest BCUT2D eigenvalue weighted by Crippen LogP contribution is 2.22. The third-order valence-electron chi connectivity index (χ3n) is 5.00. The average molecular weight is 389 g/mol. The van der Waals surface area contributed by atoms with Gasteiger partial charge in [0.15, 0.2) is 0 Å². The van der Waals surface area contributed by atoms with Gasteiger partial charge >= 0.3 is 5.69 Å². The van der Waals surface area contributed by atoms with Crippen LogP contribution in [0, 0.1) is 5.82 Å². The van der Waals surface area contributed by atoms with E-state index in [4.69, 9.17) is 0 Å². The van der Waals surface area contributed by atoms with E-state index in [1.807, 2.05) is 54.6 Å². The van der Waals surface area contributed by atoms with E-state index in [1.165, 1.54) is 21.3 Å². The topological polar surface area (TPSA) is 56.0 Å². The number of para-hydroxylation sites is 2. The fourth-order valence-corrected chi connectivity index (χ4v) is 3.53. The Labute approximate surface area is 167 Å². The summed E-state index contributed by atoms with van der Waals surface area (Å²) in [6.45, 7) is -0.106. The lowest BCUT2D eigenvalue weighted by Crippen LogP contribution is -2.35. The summed E-state index contributed by atoms with van der Waals surface area (Å²) in [4.78, 5) is 25.5. The number of imidazole rings is 1. The second-order valence-corrected chi connectivity index (χ2v) is 6.88. The largest absolute Gasteiger partial charge is 0.344 e. The minimum Gasteiger partial charge on any atom is -0.344 e. The van der Waals surface area contributed by atoms with E-state index in [2.05, 4.69) is 5.32 Å². The molecule has 146 valence electrons. The van der Waals surface area contributed by atoms with Gasteiger partial charge in [-0.15, -0.1) is 0 Å². The SMILES string of the molecule is Cn1c(=O)n(CC(=O)NC(c2ccccc2)c2ccc(F)cc2)c2ccccc21. The molecule has 4 aromatic rings. The number of fused-ring (bicyclic) bond motifs is 1. The van der Waals surface area contributed by atoms with Gasteiger partial charge in [0.2, 0.25) is 5.91 Å². The van der Waals surface area contributed by atoms with Crippen molar-refractivity contribution in [3.63, 3.8) is 0 Å². The zero-order valence-corrected chi connectivity index (χ0v) is 15.9. The molecule has 1 N–H and O–H groups in total. The lowest BCUT2D eigenvalue weighted by Gasteiger charge is -2.20. The fourth-order valence-electron chi connectivity index (χ4n) is 3.53. The number of hydrogen-bond acceptors (Lipinski definition) is 2. The monoisotopic (exact) mass is 389 g/mol. The molecule has 5 nitrogen and oxygen atoms in total. The summed E-state index contributed by atoms with van der Waals surface area (Å²) in [5.41, 5.74) is 2.85. The van der Waals surface area contributed by atoms with E-state index in [1.54, 1.807) is 19.2 Å². The number of carbonyl (C=O) groups is 1. The van der Waals surface area contributed by atoms with Crippen molar-refractivity contribution in [2.24, 2.45) is 7.05 Å². The smallest absolute Gasteiger partial charge is 0.329 e. The molecule has 0 saturated carbocycles. The average Bonchev–Trinajstić information content (AvgIpc) is 2.98. The highest BCUT2D eigenvalue weighted by atomic mass is 19.1. The van der Waals surface area contributed by atoms with Gasteiger partial charge in [0, 0.05) is 7.05 Å². The Bertz CT molecular complexity index is 1210. The van der Waals surface area contributed by atoms with Crippen LogP contribution in [0.4, 0.5) is 4.39 Å². The number of carbonyl (C=O) groups excluding carboxylic acids is 1. The Morgan fingerprint density at radius 1 is 0.897 bits per heavy atom. The molecule has 1 aromatic heterocycles. The first-order valence-corrected chi connectivity index (χ1v) is 9.28. The van der Waals surface area contributed by atoms with E-state index in [0.717, 1.165) is 16.6 Å². The molecule has 1 unspecified atom stereocenters. The van der Waals surface area contributed by atoms with E-state index in [0.29, 0.717) is 5.52 Å². The number of aryl methyl sites for hydroxylation is 1. The second-order valence-electron chi connectivity index (χ2n) is 6.88. The predicted molar refractivity (Wildman–Crippen MR) is 110 cm³/mol. The van der Waals surface area contributed by atoms with E-state index in [-0.39, 0.29) is 24.0 Å². The van der Waals surface area contributed by atoms with Gasteiger partial charge in [-0.1, -0.05) is 54.6 Å². The van der Waals surface area contributed by atoms with Crippen LogP contribution >= 0.6 is 0 Å². The van der Waals surface area contributed by atoms with Crippen molar-refractivity contribution < 1.29 is 9.18 Å². The summed E-state index contributed by atoms with van der Waals surface area (Å²) in [6.07, 6.45) is 0. The summed E-state index contributed by atoms with van der Waals surface area (Å²) in [5.74, 6) is -0.643. The minimum absolute atomic E-state index is 0.106. The summed E-state index contributed by atoms with van der Waals surface area (Å²) in [7, 11) is 1.68. The van der Waals surface area contributed by atoms with Gasteiger partial charge < -0.3 is 5.32 Å². The van der Waals surface area contributed by atoms with Crippen LogP contribution in [0.3, 0.4) is 0 Å². The van der Waals surface area contributed by atoms with Crippen LogP contribution in [0.5, 0.6) is 0 Å². The Morgan fingerprint density at radius 3 is 2.17 bits per heavy atom. The first-order chi connectivity index (χ1) is 14.0. The molecule has 0 aliphatic rings. The molecule has 29 heavy (non-hydrogen) atoms. The standard InChI is InChI=1S/C23H20FN3O2/c1-26-19-9-5-6-10-20(19)27(23(26)29)15-21(28)25-22(16-7-3-2-4-8-16)17-11-13-18(24)14-12-17/h2-14,22H,15H2,1H3,(H,25,28). The van der Waals surface area contributed by atoms with Crippen molar-refractivity contribution >= 4 is 16.9 Å². The zero-order chi connectivity index (χ0) is 20.4. The molecule has 6 heteroatoms. The summed E-state index contributed by atoms with van der Waals surface area (Å²) in [5, 5.41) is 2.99. The van der Waals surface area contributed by atoms with E-state index in [9.17, 15) is 14.0 Å². The summed E-state index contributed by atoms with van der Waals surface area (Å²) in [6, 6.07) is 22.4. The maximum Gasteiger partial charge on any atom is 0.329 e. The fraction of sp³-hybridized carbons (Fsp3) is 0.130. The number of amides is 1. The van der Waals surface area contributed by atoms with Gasteiger partial charge in [-0.2, -0.15) is 0 Å². The van der Waals surface area contributed by atoms with Crippen LogP contribution in [0.1, 0.15) is 17.2 Å². The molecule has 0 bridgehead atoms.